The molecule has 2 aromatic rings. The van der Waals surface area contributed by atoms with Crippen LogP contribution in [0.25, 0.3) is 10.8 Å². The van der Waals surface area contributed by atoms with E-state index in [4.69, 9.17) is 5.73 Å². The van der Waals surface area contributed by atoms with Crippen LogP contribution in [0.2, 0.25) is 0 Å². The number of fused-ring (bicyclic) bond motifs is 1. The Bertz CT molecular complexity index is 421. The summed E-state index contributed by atoms with van der Waals surface area (Å²) in [7, 11) is 0. The van der Waals surface area contributed by atoms with E-state index in [9.17, 15) is 5.11 Å². The second-order valence-electron chi connectivity index (χ2n) is 2.89. The number of aliphatic hydroxyl groups is 1. The van der Waals surface area contributed by atoms with Gasteiger partial charge in [0.2, 0.25) is 0 Å². The van der Waals surface area contributed by atoms with Crippen molar-refractivity contribution in [2.24, 2.45) is 5.73 Å². The summed E-state index contributed by atoms with van der Waals surface area (Å²) in [4.78, 5) is 3.99. The second-order valence-corrected chi connectivity index (χ2v) is 2.89. The summed E-state index contributed by atoms with van der Waals surface area (Å²) in [6, 6.07) is 7.52. The van der Waals surface area contributed by atoms with Gasteiger partial charge in [0, 0.05) is 23.3 Å². The van der Waals surface area contributed by atoms with Gasteiger partial charge in [0.05, 0.1) is 0 Å². The number of nitrogens with zero attached hydrogens (tertiary/aromatic N) is 1. The summed E-state index contributed by atoms with van der Waals surface area (Å²) in [6.45, 7) is 0. The summed E-state index contributed by atoms with van der Waals surface area (Å²) >= 11 is 0. The van der Waals surface area contributed by atoms with Crippen molar-refractivity contribution in [2.75, 3.05) is 0 Å². The first-order valence-electron chi connectivity index (χ1n) is 4.05. The first kappa shape index (κ1) is 8.16. The van der Waals surface area contributed by atoms with Crippen molar-refractivity contribution in [1.29, 1.82) is 0 Å². The minimum absolute atomic E-state index is 0.714. The molecule has 0 spiro atoms. The van der Waals surface area contributed by atoms with Gasteiger partial charge in [-0.05, 0) is 11.5 Å². The van der Waals surface area contributed by atoms with Crippen molar-refractivity contribution in [3.63, 3.8) is 0 Å². The maximum Gasteiger partial charge on any atom is 0.129 e. The minimum Gasteiger partial charge on any atom is -0.375 e. The molecule has 0 amide bonds. The predicted octanol–water partition coefficient (Wildman–Crippen LogP) is 1.18. The Balaban J connectivity index is 2.76. The van der Waals surface area contributed by atoms with Crippen LogP contribution in [0.4, 0.5) is 0 Å². The molecule has 0 saturated carbocycles. The number of aliphatic hydroxyl groups excluding tert-OH is 1. The van der Waals surface area contributed by atoms with Crippen molar-refractivity contribution in [3.05, 3.63) is 42.2 Å². The van der Waals surface area contributed by atoms with E-state index in [1.165, 1.54) is 0 Å². The highest BCUT2D eigenvalue weighted by atomic mass is 16.3. The van der Waals surface area contributed by atoms with Gasteiger partial charge in [-0.3, -0.25) is 4.98 Å². The zero-order valence-corrected chi connectivity index (χ0v) is 7.01. The molecule has 13 heavy (non-hydrogen) atoms. The van der Waals surface area contributed by atoms with E-state index in [0.717, 1.165) is 10.8 Å². The third kappa shape index (κ3) is 1.39. The normalized spacial score (nSPS) is 13.1. The molecule has 0 radical (unpaired) electrons. The van der Waals surface area contributed by atoms with Crippen LogP contribution in [0.1, 0.15) is 11.8 Å². The zero-order chi connectivity index (χ0) is 9.26. The van der Waals surface area contributed by atoms with Crippen LogP contribution in [-0.4, -0.2) is 10.1 Å². The summed E-state index contributed by atoms with van der Waals surface area (Å²) in [5.41, 5.74) is 6.12. The van der Waals surface area contributed by atoms with E-state index in [-0.39, 0.29) is 0 Å². The van der Waals surface area contributed by atoms with E-state index in [0.29, 0.717) is 5.56 Å². The number of nitrogens with two attached hydrogens (primary N) is 1. The lowest BCUT2D eigenvalue weighted by atomic mass is 10.1. The van der Waals surface area contributed by atoms with Crippen LogP contribution in [0.3, 0.4) is 0 Å². The van der Waals surface area contributed by atoms with E-state index in [1.807, 2.05) is 18.2 Å². The average Bonchev–Trinajstić information content (AvgIpc) is 2.17. The average molecular weight is 174 g/mol. The Hall–Kier alpha value is -1.45. The summed E-state index contributed by atoms with van der Waals surface area (Å²) in [5, 5.41) is 11.2. The van der Waals surface area contributed by atoms with Crippen LogP contribution in [-0.2, 0) is 0 Å². The monoisotopic (exact) mass is 174 g/mol. The Kier molecular flexibility index (Phi) is 1.96. The third-order valence-corrected chi connectivity index (χ3v) is 2.04. The molecule has 1 heterocycles. The summed E-state index contributed by atoms with van der Waals surface area (Å²) in [5.74, 6) is 0. The van der Waals surface area contributed by atoms with Gasteiger partial charge in [0.25, 0.3) is 0 Å². The molecule has 0 fully saturated rings. The van der Waals surface area contributed by atoms with Crippen molar-refractivity contribution in [2.45, 2.75) is 6.23 Å². The predicted molar refractivity (Wildman–Crippen MR) is 50.9 cm³/mol. The molecule has 1 aromatic carbocycles. The maximum absolute atomic E-state index is 9.27. The van der Waals surface area contributed by atoms with Gasteiger partial charge in [0.15, 0.2) is 0 Å². The third-order valence-electron chi connectivity index (χ3n) is 2.04. The zero-order valence-electron chi connectivity index (χ0n) is 7.01. The van der Waals surface area contributed by atoms with Gasteiger partial charge in [0.1, 0.15) is 6.23 Å². The largest absolute Gasteiger partial charge is 0.375 e. The number of hydrogen-bond acceptors (Lipinski definition) is 3. The Morgan fingerprint density at radius 1 is 1.31 bits per heavy atom. The van der Waals surface area contributed by atoms with Gasteiger partial charge < -0.3 is 10.8 Å². The second kappa shape index (κ2) is 3.12. The minimum atomic E-state index is -0.937. The molecular formula is C10H10N2O. The summed E-state index contributed by atoms with van der Waals surface area (Å²) in [6.07, 6.45) is 2.49. The molecule has 1 aromatic heterocycles. The van der Waals surface area contributed by atoms with Crippen molar-refractivity contribution >= 4 is 10.8 Å². The Morgan fingerprint density at radius 3 is 2.92 bits per heavy atom. The molecule has 2 rings (SSSR count). The van der Waals surface area contributed by atoms with Crippen molar-refractivity contribution in [1.82, 2.24) is 4.98 Å². The lowest BCUT2D eigenvalue weighted by Crippen LogP contribution is -2.08. The van der Waals surface area contributed by atoms with E-state index in [2.05, 4.69) is 4.98 Å². The number of hydrogen-bond donors (Lipinski definition) is 2. The van der Waals surface area contributed by atoms with Crippen molar-refractivity contribution in [3.8, 4) is 0 Å². The quantitative estimate of drug-likeness (QED) is 0.638. The highest BCUT2D eigenvalue weighted by Gasteiger charge is 2.04. The fourth-order valence-electron chi connectivity index (χ4n) is 1.39. The van der Waals surface area contributed by atoms with Crippen LogP contribution in [0, 0.1) is 0 Å². The Labute approximate surface area is 75.8 Å². The topological polar surface area (TPSA) is 59.1 Å². The summed E-state index contributed by atoms with van der Waals surface area (Å²) < 4.78 is 0. The maximum atomic E-state index is 9.27. The molecule has 3 nitrogen and oxygen atoms in total. The van der Waals surface area contributed by atoms with Gasteiger partial charge in [-0.25, -0.2) is 0 Å². The molecule has 66 valence electrons. The molecule has 0 bridgehead atoms. The van der Waals surface area contributed by atoms with Crippen LogP contribution >= 0.6 is 0 Å². The fourth-order valence-corrected chi connectivity index (χ4v) is 1.39. The van der Waals surface area contributed by atoms with Gasteiger partial charge in [-0.1, -0.05) is 18.2 Å². The van der Waals surface area contributed by atoms with Crippen LogP contribution < -0.4 is 5.73 Å². The standard InChI is InChI=1S/C10H10N2O/c11-10(13)8-3-1-2-7-4-5-12-6-9(7)8/h1-6,10,13H,11H2/t10-/m1/s1. The number of benzene rings is 1. The molecule has 0 aliphatic carbocycles. The smallest absolute Gasteiger partial charge is 0.129 e. The molecule has 0 saturated heterocycles. The number of aromatic nitrogens is 1. The van der Waals surface area contributed by atoms with Gasteiger partial charge in [-0.2, -0.15) is 0 Å². The van der Waals surface area contributed by atoms with E-state index >= 15 is 0 Å². The highest BCUT2D eigenvalue weighted by Crippen LogP contribution is 2.20. The fraction of sp³-hybridized carbons (Fsp3) is 0.100. The van der Waals surface area contributed by atoms with Crippen LogP contribution in [0.15, 0.2) is 36.7 Å². The first-order valence-corrected chi connectivity index (χ1v) is 4.05. The number of rotatable bonds is 1. The Morgan fingerprint density at radius 2 is 2.15 bits per heavy atom. The SMILES string of the molecule is N[C@H](O)c1cccc2ccncc12. The van der Waals surface area contributed by atoms with E-state index < -0.39 is 6.23 Å². The molecule has 3 heteroatoms. The van der Waals surface area contributed by atoms with Gasteiger partial charge in [-0.15, -0.1) is 0 Å². The highest BCUT2D eigenvalue weighted by molar-refractivity contribution is 5.84. The lowest BCUT2D eigenvalue weighted by Gasteiger charge is -2.07. The number of pyridine rings is 1. The first-order chi connectivity index (χ1) is 6.29. The molecule has 1 atom stereocenters. The molecule has 0 aliphatic rings. The molecule has 0 unspecified atom stereocenters. The van der Waals surface area contributed by atoms with E-state index in [1.54, 1.807) is 18.5 Å². The van der Waals surface area contributed by atoms with Crippen molar-refractivity contribution < 1.29 is 5.11 Å². The van der Waals surface area contributed by atoms with Gasteiger partial charge >= 0.3 is 0 Å². The van der Waals surface area contributed by atoms with Crippen LogP contribution in [0.5, 0.6) is 0 Å². The molecular weight excluding hydrogens is 164 g/mol. The lowest BCUT2D eigenvalue weighted by molar-refractivity contribution is 0.188. The molecule has 3 N–H and O–H groups in total. The molecule has 0 aliphatic heterocycles.